The number of rotatable bonds is 5. The summed E-state index contributed by atoms with van der Waals surface area (Å²) < 4.78 is 0. The van der Waals surface area contributed by atoms with Crippen molar-refractivity contribution >= 4 is 11.7 Å². The minimum atomic E-state index is -0.0701. The normalized spacial score (nSPS) is 16.4. The van der Waals surface area contributed by atoms with Gasteiger partial charge >= 0.3 is 6.03 Å². The lowest BCUT2D eigenvalue weighted by Crippen LogP contribution is -2.46. The number of hydrogen-bond donors (Lipinski definition) is 2. The molecule has 132 valence electrons. The summed E-state index contributed by atoms with van der Waals surface area (Å²) in [4.78, 5) is 14.2. The zero-order valence-corrected chi connectivity index (χ0v) is 14.5. The SMILES string of the molecule is O=C(Nc1ccccc1)N1CCC(CO)(CCc2ccccc2)CC1. The number of para-hydroxylation sites is 1. The fraction of sp³-hybridized carbons (Fsp3) is 0.381. The third kappa shape index (κ3) is 4.60. The molecule has 0 radical (unpaired) electrons. The Kier molecular flexibility index (Phi) is 5.71. The van der Waals surface area contributed by atoms with E-state index in [0.29, 0.717) is 13.1 Å². The molecule has 0 atom stereocenters. The van der Waals surface area contributed by atoms with Crippen LogP contribution in [0.2, 0.25) is 0 Å². The summed E-state index contributed by atoms with van der Waals surface area (Å²) in [5.41, 5.74) is 2.05. The van der Waals surface area contributed by atoms with Crippen molar-refractivity contribution in [3.05, 3.63) is 66.2 Å². The molecule has 4 heteroatoms. The van der Waals surface area contributed by atoms with Crippen LogP contribution in [0.3, 0.4) is 0 Å². The Morgan fingerprint density at radius 2 is 1.60 bits per heavy atom. The number of carbonyl (C=O) groups excluding carboxylic acids is 1. The van der Waals surface area contributed by atoms with Crippen molar-refractivity contribution in [2.45, 2.75) is 25.7 Å². The number of nitrogens with zero attached hydrogens (tertiary/aromatic N) is 1. The summed E-state index contributed by atoms with van der Waals surface area (Å²) in [5, 5.41) is 12.9. The van der Waals surface area contributed by atoms with Crippen LogP contribution >= 0.6 is 0 Å². The lowest BCUT2D eigenvalue weighted by Gasteiger charge is -2.40. The van der Waals surface area contributed by atoms with Gasteiger partial charge in [0, 0.05) is 25.4 Å². The van der Waals surface area contributed by atoms with Crippen LogP contribution in [-0.2, 0) is 6.42 Å². The predicted molar refractivity (Wildman–Crippen MR) is 101 cm³/mol. The highest BCUT2D eigenvalue weighted by molar-refractivity contribution is 5.89. The molecular formula is C21H26N2O2. The summed E-state index contributed by atoms with van der Waals surface area (Å²) in [6, 6.07) is 19.9. The van der Waals surface area contributed by atoms with Gasteiger partial charge in [-0.25, -0.2) is 4.79 Å². The van der Waals surface area contributed by atoms with Crippen LogP contribution in [0.15, 0.2) is 60.7 Å². The number of likely N-dealkylation sites (tertiary alicyclic amines) is 1. The molecule has 0 aliphatic carbocycles. The summed E-state index contributed by atoms with van der Waals surface area (Å²) >= 11 is 0. The van der Waals surface area contributed by atoms with Crippen molar-refractivity contribution in [2.75, 3.05) is 25.0 Å². The molecule has 1 aliphatic heterocycles. The van der Waals surface area contributed by atoms with Crippen LogP contribution < -0.4 is 5.32 Å². The molecule has 2 N–H and O–H groups in total. The number of nitrogens with one attached hydrogen (secondary N) is 1. The number of piperidine rings is 1. The van der Waals surface area contributed by atoms with Crippen molar-refractivity contribution in [1.29, 1.82) is 0 Å². The Hall–Kier alpha value is -2.33. The van der Waals surface area contributed by atoms with E-state index in [1.165, 1.54) is 5.56 Å². The molecule has 0 saturated carbocycles. The zero-order valence-electron chi connectivity index (χ0n) is 14.5. The maximum absolute atomic E-state index is 12.4. The van der Waals surface area contributed by atoms with E-state index in [9.17, 15) is 9.90 Å². The number of aliphatic hydroxyl groups excluding tert-OH is 1. The first-order valence-corrected chi connectivity index (χ1v) is 8.97. The number of amides is 2. The summed E-state index contributed by atoms with van der Waals surface area (Å²) in [6.07, 6.45) is 3.62. The molecule has 0 bridgehead atoms. The smallest absolute Gasteiger partial charge is 0.321 e. The first kappa shape index (κ1) is 17.5. The molecule has 1 saturated heterocycles. The molecule has 25 heavy (non-hydrogen) atoms. The van der Waals surface area contributed by atoms with Crippen LogP contribution in [0, 0.1) is 5.41 Å². The van der Waals surface area contributed by atoms with Gasteiger partial charge in [0.1, 0.15) is 0 Å². The van der Waals surface area contributed by atoms with Gasteiger partial charge in [0.2, 0.25) is 0 Å². The second kappa shape index (κ2) is 8.17. The Bertz CT molecular complexity index is 665. The number of aliphatic hydroxyl groups is 1. The van der Waals surface area contributed by atoms with E-state index in [4.69, 9.17) is 0 Å². The van der Waals surface area contributed by atoms with Gasteiger partial charge in [-0.15, -0.1) is 0 Å². The number of urea groups is 1. The molecular weight excluding hydrogens is 312 g/mol. The van der Waals surface area contributed by atoms with Gasteiger partial charge in [0.25, 0.3) is 0 Å². The number of anilines is 1. The topological polar surface area (TPSA) is 52.6 Å². The minimum Gasteiger partial charge on any atom is -0.396 e. The third-order valence-electron chi connectivity index (χ3n) is 5.26. The molecule has 2 aromatic carbocycles. The molecule has 2 aromatic rings. The van der Waals surface area contributed by atoms with Gasteiger partial charge < -0.3 is 15.3 Å². The van der Waals surface area contributed by atoms with Crippen molar-refractivity contribution < 1.29 is 9.90 Å². The predicted octanol–water partition coefficient (Wildman–Crippen LogP) is 3.93. The zero-order chi connectivity index (χ0) is 17.5. The molecule has 3 rings (SSSR count). The Morgan fingerprint density at radius 3 is 2.20 bits per heavy atom. The summed E-state index contributed by atoms with van der Waals surface area (Å²) in [6.45, 7) is 1.57. The molecule has 1 aliphatic rings. The lowest BCUT2D eigenvalue weighted by molar-refractivity contribution is 0.0503. The average molecular weight is 338 g/mol. The molecule has 0 spiro atoms. The monoisotopic (exact) mass is 338 g/mol. The van der Waals surface area contributed by atoms with Gasteiger partial charge in [-0.3, -0.25) is 0 Å². The van der Waals surface area contributed by atoms with E-state index >= 15 is 0 Å². The molecule has 1 fully saturated rings. The van der Waals surface area contributed by atoms with Crippen molar-refractivity contribution in [3.8, 4) is 0 Å². The van der Waals surface area contributed by atoms with E-state index in [2.05, 4.69) is 29.6 Å². The summed E-state index contributed by atoms with van der Waals surface area (Å²) in [5.74, 6) is 0. The second-order valence-electron chi connectivity index (χ2n) is 6.93. The molecule has 1 heterocycles. The van der Waals surface area contributed by atoms with Gasteiger partial charge in [0.15, 0.2) is 0 Å². The van der Waals surface area contributed by atoms with Crippen molar-refractivity contribution in [2.24, 2.45) is 5.41 Å². The number of aryl methyl sites for hydroxylation is 1. The Morgan fingerprint density at radius 1 is 1.00 bits per heavy atom. The van der Waals surface area contributed by atoms with Crippen LogP contribution in [0.1, 0.15) is 24.8 Å². The first-order chi connectivity index (χ1) is 12.2. The van der Waals surface area contributed by atoms with Crippen molar-refractivity contribution in [1.82, 2.24) is 4.90 Å². The standard InChI is InChI=1S/C21H26N2O2/c24-17-21(12-11-18-7-3-1-4-8-18)13-15-23(16-14-21)20(25)22-19-9-5-2-6-10-19/h1-10,24H,11-17H2,(H,22,25). The largest absolute Gasteiger partial charge is 0.396 e. The van der Waals surface area contributed by atoms with Gasteiger partial charge in [0.05, 0.1) is 0 Å². The van der Waals surface area contributed by atoms with Crippen LogP contribution in [0.4, 0.5) is 10.5 Å². The van der Waals surface area contributed by atoms with Crippen LogP contribution in [-0.4, -0.2) is 35.7 Å². The highest BCUT2D eigenvalue weighted by atomic mass is 16.3. The van der Waals surface area contributed by atoms with Crippen molar-refractivity contribution in [3.63, 3.8) is 0 Å². The Balaban J connectivity index is 1.53. The molecule has 4 nitrogen and oxygen atoms in total. The maximum atomic E-state index is 12.4. The third-order valence-corrected chi connectivity index (χ3v) is 5.26. The average Bonchev–Trinajstić information content (AvgIpc) is 2.68. The molecule has 0 unspecified atom stereocenters. The highest BCUT2D eigenvalue weighted by Gasteiger charge is 2.35. The van der Waals surface area contributed by atoms with Gasteiger partial charge in [-0.1, -0.05) is 48.5 Å². The summed E-state index contributed by atoms with van der Waals surface area (Å²) in [7, 11) is 0. The van der Waals surface area contributed by atoms with Gasteiger partial charge in [-0.2, -0.15) is 0 Å². The number of hydrogen-bond acceptors (Lipinski definition) is 2. The quantitative estimate of drug-likeness (QED) is 0.868. The van der Waals surface area contributed by atoms with Crippen LogP contribution in [0.5, 0.6) is 0 Å². The Labute approximate surface area is 149 Å². The molecule has 2 amide bonds. The fourth-order valence-corrected chi connectivity index (χ4v) is 3.45. The molecule has 0 aromatic heterocycles. The minimum absolute atomic E-state index is 0.0548. The van der Waals surface area contributed by atoms with E-state index in [1.807, 2.05) is 41.3 Å². The lowest BCUT2D eigenvalue weighted by atomic mass is 9.75. The van der Waals surface area contributed by atoms with Gasteiger partial charge in [-0.05, 0) is 48.8 Å². The fourth-order valence-electron chi connectivity index (χ4n) is 3.45. The number of benzene rings is 2. The van der Waals surface area contributed by atoms with E-state index in [-0.39, 0.29) is 18.1 Å². The van der Waals surface area contributed by atoms with E-state index in [0.717, 1.165) is 31.4 Å². The maximum Gasteiger partial charge on any atom is 0.321 e. The van der Waals surface area contributed by atoms with E-state index < -0.39 is 0 Å². The van der Waals surface area contributed by atoms with E-state index in [1.54, 1.807) is 0 Å². The number of carbonyl (C=O) groups is 1. The highest BCUT2D eigenvalue weighted by Crippen LogP contribution is 2.36. The first-order valence-electron chi connectivity index (χ1n) is 8.97. The van der Waals surface area contributed by atoms with Crippen LogP contribution in [0.25, 0.3) is 0 Å². The second-order valence-corrected chi connectivity index (χ2v) is 6.93.